The monoisotopic (exact) mass is 237 g/mol. The van der Waals surface area contributed by atoms with Crippen LogP contribution in [0.2, 0.25) is 0 Å². The van der Waals surface area contributed by atoms with Gasteiger partial charge in [0.25, 0.3) is 5.91 Å². The van der Waals surface area contributed by atoms with Crippen LogP contribution in [-0.4, -0.2) is 29.7 Å². The Hall–Kier alpha value is -1.49. The van der Waals surface area contributed by atoms with Gasteiger partial charge < -0.3 is 20.4 Å². The lowest BCUT2D eigenvalue weighted by Gasteiger charge is -2.22. The van der Waals surface area contributed by atoms with Gasteiger partial charge in [-0.2, -0.15) is 0 Å². The summed E-state index contributed by atoms with van der Waals surface area (Å²) in [5.74, 6) is -0.0987. The number of nitrogens with one attached hydrogen (secondary N) is 1. The predicted molar refractivity (Wildman–Crippen MR) is 65.7 cm³/mol. The quantitative estimate of drug-likeness (QED) is 0.821. The summed E-state index contributed by atoms with van der Waals surface area (Å²) in [6.45, 7) is 1.38. The molecule has 1 aliphatic heterocycles. The molecule has 1 aromatic heterocycles. The molecule has 1 unspecified atom stereocenters. The van der Waals surface area contributed by atoms with Crippen molar-refractivity contribution in [1.82, 2.24) is 9.88 Å². The molecule has 0 bridgehead atoms. The smallest absolute Gasteiger partial charge is 0.268 e. The van der Waals surface area contributed by atoms with Crippen LogP contribution in [0.15, 0.2) is 12.3 Å². The number of carbonyl (C=O) groups is 1. The molecule has 0 spiro atoms. The van der Waals surface area contributed by atoms with Gasteiger partial charge in [-0.25, -0.2) is 0 Å². The molecule has 5 nitrogen and oxygen atoms in total. The van der Waals surface area contributed by atoms with Gasteiger partial charge in [-0.1, -0.05) is 0 Å². The standard InChI is InChI=1S/C12H19N3O2/c1-15-8-9(13)6-11(15)12(16)14-7-10-4-2-3-5-17-10/h6,8,10H,2-5,7,13H2,1H3,(H,14,16). The summed E-state index contributed by atoms with van der Waals surface area (Å²) < 4.78 is 7.28. The number of nitrogen functional groups attached to an aromatic ring is 1. The Morgan fingerprint density at radius 2 is 2.47 bits per heavy atom. The molecule has 0 aromatic carbocycles. The Morgan fingerprint density at radius 1 is 1.65 bits per heavy atom. The zero-order valence-corrected chi connectivity index (χ0v) is 10.1. The van der Waals surface area contributed by atoms with Crippen molar-refractivity contribution in [1.29, 1.82) is 0 Å². The van der Waals surface area contributed by atoms with Gasteiger partial charge in [-0.3, -0.25) is 4.79 Å². The Labute approximate surface area is 101 Å². The van der Waals surface area contributed by atoms with Crippen molar-refractivity contribution in [3.05, 3.63) is 18.0 Å². The predicted octanol–water partition coefficient (Wildman–Crippen LogP) is 0.906. The molecule has 0 aliphatic carbocycles. The summed E-state index contributed by atoms with van der Waals surface area (Å²) in [5.41, 5.74) is 6.82. The summed E-state index contributed by atoms with van der Waals surface area (Å²) in [5, 5.41) is 2.88. The summed E-state index contributed by atoms with van der Waals surface area (Å²) >= 11 is 0. The minimum atomic E-state index is -0.0987. The van der Waals surface area contributed by atoms with Gasteiger partial charge in [0.1, 0.15) is 5.69 Å². The van der Waals surface area contributed by atoms with Crippen molar-refractivity contribution in [2.75, 3.05) is 18.9 Å². The van der Waals surface area contributed by atoms with Gasteiger partial charge in [-0.15, -0.1) is 0 Å². The van der Waals surface area contributed by atoms with E-state index in [9.17, 15) is 4.79 Å². The Kier molecular flexibility index (Phi) is 3.68. The molecule has 1 amide bonds. The number of ether oxygens (including phenoxy) is 1. The fraction of sp³-hybridized carbons (Fsp3) is 0.583. The van der Waals surface area contributed by atoms with Gasteiger partial charge >= 0.3 is 0 Å². The second-order valence-corrected chi connectivity index (χ2v) is 4.47. The van der Waals surface area contributed by atoms with Crippen molar-refractivity contribution in [3.63, 3.8) is 0 Å². The maximum atomic E-state index is 11.9. The Morgan fingerprint density at radius 3 is 3.06 bits per heavy atom. The summed E-state index contributed by atoms with van der Waals surface area (Å²) in [6, 6.07) is 1.68. The summed E-state index contributed by atoms with van der Waals surface area (Å²) in [4.78, 5) is 11.9. The van der Waals surface area contributed by atoms with E-state index in [1.165, 1.54) is 6.42 Å². The average Bonchev–Trinajstić information content (AvgIpc) is 2.67. The SMILES string of the molecule is Cn1cc(N)cc1C(=O)NCC1CCCCO1. The lowest BCUT2D eigenvalue weighted by Crippen LogP contribution is -2.36. The van der Waals surface area contributed by atoms with Crippen LogP contribution in [0.3, 0.4) is 0 Å². The first-order chi connectivity index (χ1) is 8.16. The largest absolute Gasteiger partial charge is 0.397 e. The third-order valence-corrected chi connectivity index (χ3v) is 3.02. The van der Waals surface area contributed by atoms with Crippen molar-refractivity contribution < 1.29 is 9.53 Å². The molecule has 1 aliphatic rings. The molecule has 17 heavy (non-hydrogen) atoms. The third kappa shape index (κ3) is 3.00. The number of rotatable bonds is 3. The highest BCUT2D eigenvalue weighted by molar-refractivity contribution is 5.93. The zero-order valence-electron chi connectivity index (χ0n) is 10.1. The van der Waals surface area contributed by atoms with Crippen molar-refractivity contribution in [2.45, 2.75) is 25.4 Å². The zero-order chi connectivity index (χ0) is 12.3. The number of carbonyl (C=O) groups excluding carboxylic acids is 1. The molecule has 0 radical (unpaired) electrons. The highest BCUT2D eigenvalue weighted by Crippen LogP contribution is 2.12. The fourth-order valence-electron chi connectivity index (χ4n) is 2.08. The first-order valence-electron chi connectivity index (χ1n) is 5.98. The van der Waals surface area contributed by atoms with Crippen molar-refractivity contribution in [2.24, 2.45) is 7.05 Å². The van der Waals surface area contributed by atoms with Crippen LogP contribution in [0.4, 0.5) is 5.69 Å². The number of aromatic nitrogens is 1. The van der Waals surface area contributed by atoms with E-state index in [0.717, 1.165) is 19.4 Å². The van der Waals surface area contributed by atoms with Gasteiger partial charge in [-0.05, 0) is 25.3 Å². The topological polar surface area (TPSA) is 69.3 Å². The maximum Gasteiger partial charge on any atom is 0.268 e. The Bertz CT molecular complexity index is 394. The van der Waals surface area contributed by atoms with E-state index in [4.69, 9.17) is 10.5 Å². The number of nitrogens with zero attached hydrogens (tertiary/aromatic N) is 1. The molecule has 1 atom stereocenters. The second-order valence-electron chi connectivity index (χ2n) is 4.47. The fourth-order valence-corrected chi connectivity index (χ4v) is 2.08. The molecule has 0 saturated carbocycles. The van der Waals surface area contributed by atoms with Crippen LogP contribution in [-0.2, 0) is 11.8 Å². The second kappa shape index (κ2) is 5.23. The van der Waals surface area contributed by atoms with E-state index in [-0.39, 0.29) is 12.0 Å². The first kappa shape index (κ1) is 12.0. The van der Waals surface area contributed by atoms with Gasteiger partial charge in [0.2, 0.25) is 0 Å². The first-order valence-corrected chi connectivity index (χ1v) is 5.98. The van der Waals surface area contributed by atoms with E-state index in [1.54, 1.807) is 16.8 Å². The molecular weight excluding hydrogens is 218 g/mol. The van der Waals surface area contributed by atoms with Gasteiger partial charge in [0, 0.05) is 26.4 Å². The normalized spacial score (nSPS) is 20.2. The molecule has 1 aromatic rings. The minimum Gasteiger partial charge on any atom is -0.397 e. The molecule has 94 valence electrons. The minimum absolute atomic E-state index is 0.0987. The Balaban J connectivity index is 1.86. The van der Waals surface area contributed by atoms with E-state index < -0.39 is 0 Å². The highest BCUT2D eigenvalue weighted by Gasteiger charge is 2.16. The van der Waals surface area contributed by atoms with Crippen molar-refractivity contribution >= 4 is 11.6 Å². The number of nitrogens with two attached hydrogens (primary N) is 1. The van der Waals surface area contributed by atoms with Gasteiger partial charge in [0.05, 0.1) is 11.8 Å². The van der Waals surface area contributed by atoms with Gasteiger partial charge in [0.15, 0.2) is 0 Å². The number of hydrogen-bond donors (Lipinski definition) is 2. The lowest BCUT2D eigenvalue weighted by molar-refractivity contribution is 0.0168. The molecule has 2 heterocycles. The van der Waals surface area contributed by atoms with Crippen LogP contribution >= 0.6 is 0 Å². The molecule has 1 saturated heterocycles. The van der Waals surface area contributed by atoms with E-state index in [1.807, 2.05) is 7.05 Å². The third-order valence-electron chi connectivity index (χ3n) is 3.02. The molecule has 2 rings (SSSR count). The lowest BCUT2D eigenvalue weighted by atomic mass is 10.1. The summed E-state index contributed by atoms with van der Waals surface area (Å²) in [7, 11) is 1.81. The number of amides is 1. The van der Waals surface area contributed by atoms with E-state index in [0.29, 0.717) is 17.9 Å². The molecule has 1 fully saturated rings. The van der Waals surface area contributed by atoms with E-state index >= 15 is 0 Å². The van der Waals surface area contributed by atoms with Crippen LogP contribution in [0.5, 0.6) is 0 Å². The molecular formula is C12H19N3O2. The maximum absolute atomic E-state index is 11.9. The van der Waals surface area contributed by atoms with Crippen LogP contribution < -0.4 is 11.1 Å². The van der Waals surface area contributed by atoms with Crippen molar-refractivity contribution in [3.8, 4) is 0 Å². The van der Waals surface area contributed by atoms with E-state index in [2.05, 4.69) is 5.32 Å². The highest BCUT2D eigenvalue weighted by atomic mass is 16.5. The average molecular weight is 237 g/mol. The van der Waals surface area contributed by atoms with Crippen LogP contribution in [0.25, 0.3) is 0 Å². The molecule has 5 heteroatoms. The number of hydrogen-bond acceptors (Lipinski definition) is 3. The number of aryl methyl sites for hydroxylation is 1. The van der Waals surface area contributed by atoms with Crippen LogP contribution in [0, 0.1) is 0 Å². The summed E-state index contributed by atoms with van der Waals surface area (Å²) in [6.07, 6.45) is 5.21. The number of anilines is 1. The molecule has 3 N–H and O–H groups in total. The van der Waals surface area contributed by atoms with Crippen LogP contribution in [0.1, 0.15) is 29.8 Å².